The van der Waals surface area contributed by atoms with Gasteiger partial charge in [0.05, 0.1) is 5.52 Å². The van der Waals surface area contributed by atoms with Crippen molar-refractivity contribution in [1.29, 1.82) is 0 Å². The number of pyridine rings is 1. The van der Waals surface area contributed by atoms with Gasteiger partial charge in [-0.3, -0.25) is 9.69 Å². The van der Waals surface area contributed by atoms with Gasteiger partial charge in [0.2, 0.25) is 0 Å². The van der Waals surface area contributed by atoms with Gasteiger partial charge in [-0.25, -0.2) is 4.98 Å². The molecule has 0 bridgehead atoms. The Morgan fingerprint density at radius 2 is 1.83 bits per heavy atom. The fraction of sp³-hybridized carbons (Fsp3) is 0.304. The van der Waals surface area contributed by atoms with Crippen LogP contribution < -0.4 is 10.1 Å². The predicted molar refractivity (Wildman–Crippen MR) is 116 cm³/mol. The van der Waals surface area contributed by atoms with E-state index in [9.17, 15) is 4.79 Å². The van der Waals surface area contributed by atoms with Crippen molar-refractivity contribution >= 4 is 28.4 Å². The third-order valence-corrected chi connectivity index (χ3v) is 5.50. The zero-order valence-electron chi connectivity index (χ0n) is 16.2. The van der Waals surface area contributed by atoms with E-state index in [0.29, 0.717) is 17.3 Å². The molecule has 0 radical (unpaired) electrons. The normalized spacial score (nSPS) is 15.3. The number of para-hydroxylation sites is 1. The molecule has 3 aromatic rings. The van der Waals surface area contributed by atoms with Crippen molar-refractivity contribution in [3.05, 3.63) is 71.4 Å². The molecular formula is C23H24ClN3O2. The Kier molecular flexibility index (Phi) is 6.27. The summed E-state index contributed by atoms with van der Waals surface area (Å²) in [4.78, 5) is 19.4. The van der Waals surface area contributed by atoms with Crippen molar-refractivity contribution in [1.82, 2.24) is 15.2 Å². The summed E-state index contributed by atoms with van der Waals surface area (Å²) in [6, 6.07) is 19.2. The maximum Gasteiger partial charge on any atom is 0.270 e. The van der Waals surface area contributed by atoms with Crippen LogP contribution in [0.2, 0.25) is 5.02 Å². The van der Waals surface area contributed by atoms with E-state index >= 15 is 0 Å². The quantitative estimate of drug-likeness (QED) is 0.664. The largest absolute Gasteiger partial charge is 0.492 e. The number of carbonyl (C=O) groups is 1. The lowest BCUT2D eigenvalue weighted by molar-refractivity contribution is 0.0901. The van der Waals surface area contributed by atoms with Gasteiger partial charge in [-0.1, -0.05) is 35.9 Å². The molecule has 1 aliphatic heterocycles. The maximum atomic E-state index is 12.6. The molecule has 0 saturated carbocycles. The van der Waals surface area contributed by atoms with Crippen molar-refractivity contribution in [3.8, 4) is 5.75 Å². The number of piperidine rings is 1. The maximum absolute atomic E-state index is 12.6. The van der Waals surface area contributed by atoms with Gasteiger partial charge in [0.25, 0.3) is 5.91 Å². The first-order valence-electron chi connectivity index (χ1n) is 9.95. The molecule has 5 nitrogen and oxygen atoms in total. The van der Waals surface area contributed by atoms with E-state index in [1.165, 1.54) is 0 Å². The SMILES string of the molecule is O=C(NC1CCN(CCOc2ccc(Cl)cc2)CC1)c1ccc2ccccc2n1. The topological polar surface area (TPSA) is 54.5 Å². The van der Waals surface area contributed by atoms with Crippen LogP contribution in [0.3, 0.4) is 0 Å². The van der Waals surface area contributed by atoms with Crippen LogP contribution in [-0.2, 0) is 0 Å². The zero-order chi connectivity index (χ0) is 20.1. The van der Waals surface area contributed by atoms with Crippen molar-refractivity contribution in [3.63, 3.8) is 0 Å². The minimum absolute atomic E-state index is 0.0970. The Morgan fingerprint density at radius 1 is 1.07 bits per heavy atom. The van der Waals surface area contributed by atoms with E-state index in [1.807, 2.05) is 54.6 Å². The fourth-order valence-corrected chi connectivity index (χ4v) is 3.70. The molecule has 0 atom stereocenters. The lowest BCUT2D eigenvalue weighted by Gasteiger charge is -2.32. The predicted octanol–water partition coefficient (Wildman–Crippen LogP) is 4.16. The number of aromatic nitrogens is 1. The summed E-state index contributed by atoms with van der Waals surface area (Å²) in [5, 5.41) is 4.88. The Hall–Kier alpha value is -2.63. The molecule has 1 fully saturated rings. The molecule has 2 aromatic carbocycles. The number of amides is 1. The highest BCUT2D eigenvalue weighted by Gasteiger charge is 2.21. The lowest BCUT2D eigenvalue weighted by atomic mass is 10.0. The fourth-order valence-electron chi connectivity index (χ4n) is 3.58. The van der Waals surface area contributed by atoms with E-state index in [1.54, 1.807) is 6.07 Å². The lowest BCUT2D eigenvalue weighted by Crippen LogP contribution is -2.45. The average molecular weight is 410 g/mol. The summed E-state index contributed by atoms with van der Waals surface area (Å²) in [5.74, 6) is 0.736. The molecule has 1 N–H and O–H groups in total. The minimum Gasteiger partial charge on any atom is -0.492 e. The van der Waals surface area contributed by atoms with Gasteiger partial charge in [-0.15, -0.1) is 0 Å². The summed E-state index contributed by atoms with van der Waals surface area (Å²) in [7, 11) is 0. The van der Waals surface area contributed by atoms with Crippen molar-refractivity contribution in [2.24, 2.45) is 0 Å². The first-order valence-corrected chi connectivity index (χ1v) is 10.3. The van der Waals surface area contributed by atoms with Crippen molar-refractivity contribution in [2.45, 2.75) is 18.9 Å². The highest BCUT2D eigenvalue weighted by atomic mass is 35.5. The first-order chi connectivity index (χ1) is 14.2. The molecule has 0 spiro atoms. The number of fused-ring (bicyclic) bond motifs is 1. The average Bonchev–Trinajstić information content (AvgIpc) is 2.76. The van der Waals surface area contributed by atoms with Gasteiger partial charge in [0.1, 0.15) is 18.1 Å². The molecule has 0 unspecified atom stereocenters. The molecule has 4 rings (SSSR count). The highest BCUT2D eigenvalue weighted by molar-refractivity contribution is 6.30. The summed E-state index contributed by atoms with van der Waals surface area (Å²) in [6.45, 7) is 3.40. The molecule has 6 heteroatoms. The van der Waals surface area contributed by atoms with Crippen LogP contribution in [0.5, 0.6) is 5.75 Å². The van der Waals surface area contributed by atoms with Gasteiger partial charge < -0.3 is 10.1 Å². The van der Waals surface area contributed by atoms with E-state index in [2.05, 4.69) is 15.2 Å². The van der Waals surface area contributed by atoms with E-state index in [0.717, 1.165) is 49.1 Å². The van der Waals surface area contributed by atoms with Crippen LogP contribution in [-0.4, -0.2) is 48.1 Å². The molecule has 29 heavy (non-hydrogen) atoms. The monoisotopic (exact) mass is 409 g/mol. The Labute approximate surface area is 175 Å². The second-order valence-corrected chi connectivity index (χ2v) is 7.72. The van der Waals surface area contributed by atoms with E-state index in [-0.39, 0.29) is 11.9 Å². The van der Waals surface area contributed by atoms with Crippen LogP contribution in [0, 0.1) is 0 Å². The first kappa shape index (κ1) is 19.7. The number of benzene rings is 2. The molecule has 1 aromatic heterocycles. The Bertz CT molecular complexity index is 969. The standard InChI is InChI=1S/C23H24ClN3O2/c24-18-6-8-20(9-7-18)29-16-15-27-13-11-19(12-14-27)25-23(28)22-10-5-17-3-1-2-4-21(17)26-22/h1-10,19H,11-16H2,(H,25,28). The van der Waals surface area contributed by atoms with Crippen LogP contribution in [0.4, 0.5) is 0 Å². The smallest absolute Gasteiger partial charge is 0.270 e. The number of rotatable bonds is 6. The number of nitrogens with zero attached hydrogens (tertiary/aromatic N) is 2. The number of carbonyl (C=O) groups excluding carboxylic acids is 1. The summed E-state index contributed by atoms with van der Waals surface area (Å²) in [5.41, 5.74) is 1.32. The minimum atomic E-state index is -0.0970. The molecule has 0 aliphatic carbocycles. The summed E-state index contributed by atoms with van der Waals surface area (Å²) >= 11 is 5.88. The molecular weight excluding hydrogens is 386 g/mol. The zero-order valence-corrected chi connectivity index (χ0v) is 16.9. The van der Waals surface area contributed by atoms with E-state index < -0.39 is 0 Å². The molecule has 1 amide bonds. The van der Waals surface area contributed by atoms with Gasteiger partial charge in [0.15, 0.2) is 0 Å². The van der Waals surface area contributed by atoms with Gasteiger partial charge in [-0.2, -0.15) is 0 Å². The molecule has 150 valence electrons. The number of halogens is 1. The Morgan fingerprint density at radius 3 is 2.62 bits per heavy atom. The number of hydrogen-bond acceptors (Lipinski definition) is 4. The van der Waals surface area contributed by atoms with Gasteiger partial charge >= 0.3 is 0 Å². The molecule has 1 aliphatic rings. The second kappa shape index (κ2) is 9.25. The van der Waals surface area contributed by atoms with Crippen molar-refractivity contribution < 1.29 is 9.53 Å². The van der Waals surface area contributed by atoms with Crippen LogP contribution in [0.15, 0.2) is 60.7 Å². The number of likely N-dealkylation sites (tertiary alicyclic amines) is 1. The van der Waals surface area contributed by atoms with Gasteiger partial charge in [0, 0.05) is 36.1 Å². The number of hydrogen-bond donors (Lipinski definition) is 1. The summed E-state index contributed by atoms with van der Waals surface area (Å²) < 4.78 is 5.77. The van der Waals surface area contributed by atoms with Crippen LogP contribution in [0.1, 0.15) is 23.3 Å². The van der Waals surface area contributed by atoms with Crippen LogP contribution >= 0.6 is 11.6 Å². The second-order valence-electron chi connectivity index (χ2n) is 7.28. The van der Waals surface area contributed by atoms with Crippen molar-refractivity contribution in [2.75, 3.05) is 26.2 Å². The molecule has 1 saturated heterocycles. The van der Waals surface area contributed by atoms with E-state index in [4.69, 9.17) is 16.3 Å². The molecule has 2 heterocycles. The van der Waals surface area contributed by atoms with Gasteiger partial charge in [-0.05, 0) is 49.2 Å². The summed E-state index contributed by atoms with van der Waals surface area (Å²) in [6.07, 6.45) is 1.86. The Balaban J connectivity index is 1.21. The van der Waals surface area contributed by atoms with Crippen LogP contribution in [0.25, 0.3) is 10.9 Å². The third kappa shape index (κ3) is 5.25. The highest BCUT2D eigenvalue weighted by Crippen LogP contribution is 2.16. The number of ether oxygens (including phenoxy) is 1. The number of nitrogens with one attached hydrogen (secondary N) is 1. The third-order valence-electron chi connectivity index (χ3n) is 5.24.